The molecule has 1 aliphatic rings. The van der Waals surface area contributed by atoms with E-state index >= 15 is 0 Å². The highest BCUT2D eigenvalue weighted by Crippen LogP contribution is 2.07. The monoisotopic (exact) mass is 217 g/mol. The van der Waals surface area contributed by atoms with E-state index in [0.29, 0.717) is 12.6 Å². The molecule has 2 N–H and O–H groups in total. The molecule has 1 unspecified atom stereocenters. The highest BCUT2D eigenvalue weighted by Gasteiger charge is 2.15. The molecule has 0 spiro atoms. The number of hydrogen-bond acceptors (Lipinski definition) is 4. The van der Waals surface area contributed by atoms with E-state index in [1.807, 2.05) is 0 Å². The summed E-state index contributed by atoms with van der Waals surface area (Å²) < 4.78 is 24.5. The Labute approximate surface area is 84.5 Å². The second-order valence-corrected chi connectivity index (χ2v) is 5.20. The van der Waals surface area contributed by atoms with Crippen LogP contribution in [0.15, 0.2) is 0 Å². The first-order valence-corrected chi connectivity index (χ1v) is 6.37. The third kappa shape index (κ3) is 4.05. The smallest absolute Gasteiger partial charge is 0.225 e. The van der Waals surface area contributed by atoms with Gasteiger partial charge in [0.05, 0.1) is 6.07 Å². The van der Waals surface area contributed by atoms with E-state index in [1.165, 1.54) is 0 Å². The van der Waals surface area contributed by atoms with Gasteiger partial charge in [-0.05, 0) is 25.8 Å². The van der Waals surface area contributed by atoms with Crippen LogP contribution in [0.5, 0.6) is 0 Å². The van der Waals surface area contributed by atoms with E-state index in [1.54, 1.807) is 6.07 Å². The Morgan fingerprint density at radius 1 is 1.57 bits per heavy atom. The van der Waals surface area contributed by atoms with Crippen LogP contribution in [-0.4, -0.2) is 33.3 Å². The molecule has 0 amide bonds. The first kappa shape index (κ1) is 11.4. The average molecular weight is 217 g/mol. The Bertz CT molecular complexity index is 301. The standard InChI is InChI=1S/C8H15N3O2S/c9-4-7-14(12,13)11-6-3-8-2-1-5-10-8/h8,10-11H,1-3,5-7H2. The van der Waals surface area contributed by atoms with E-state index in [2.05, 4.69) is 10.0 Å². The summed E-state index contributed by atoms with van der Waals surface area (Å²) >= 11 is 0. The van der Waals surface area contributed by atoms with Crippen LogP contribution in [0.25, 0.3) is 0 Å². The van der Waals surface area contributed by atoms with Crippen LogP contribution in [-0.2, 0) is 10.0 Å². The van der Waals surface area contributed by atoms with Crippen LogP contribution in [0.2, 0.25) is 0 Å². The maximum Gasteiger partial charge on any atom is 0.225 e. The molecule has 0 radical (unpaired) electrons. The summed E-state index contributed by atoms with van der Waals surface area (Å²) in [6, 6.07) is 2.05. The van der Waals surface area contributed by atoms with Crippen LogP contribution < -0.4 is 10.0 Å². The van der Waals surface area contributed by atoms with Crippen molar-refractivity contribution in [3.63, 3.8) is 0 Å². The highest BCUT2D eigenvalue weighted by atomic mass is 32.2. The number of nitrogens with zero attached hydrogens (tertiary/aromatic N) is 1. The largest absolute Gasteiger partial charge is 0.314 e. The lowest BCUT2D eigenvalue weighted by molar-refractivity contribution is 0.541. The Morgan fingerprint density at radius 2 is 2.36 bits per heavy atom. The summed E-state index contributed by atoms with van der Waals surface area (Å²) in [7, 11) is -3.36. The molecule has 5 nitrogen and oxygen atoms in total. The Morgan fingerprint density at radius 3 is 2.93 bits per heavy atom. The lowest BCUT2D eigenvalue weighted by Gasteiger charge is -2.09. The minimum Gasteiger partial charge on any atom is -0.314 e. The summed E-state index contributed by atoms with van der Waals surface area (Å²) in [4.78, 5) is 0. The maximum atomic E-state index is 11.1. The van der Waals surface area contributed by atoms with Crippen molar-refractivity contribution >= 4 is 10.0 Å². The second kappa shape index (κ2) is 5.29. The molecule has 1 saturated heterocycles. The molecule has 0 aromatic rings. The second-order valence-electron chi connectivity index (χ2n) is 3.39. The fourth-order valence-corrected chi connectivity index (χ4v) is 2.23. The van der Waals surface area contributed by atoms with Crippen molar-refractivity contribution in [3.05, 3.63) is 0 Å². The molecule has 0 aromatic carbocycles. The molecule has 14 heavy (non-hydrogen) atoms. The van der Waals surface area contributed by atoms with Crippen LogP contribution in [0.1, 0.15) is 19.3 Å². The van der Waals surface area contributed by atoms with Gasteiger partial charge in [0.25, 0.3) is 0 Å². The molecule has 0 aliphatic carbocycles. The lowest BCUT2D eigenvalue weighted by atomic mass is 10.2. The Hall–Kier alpha value is -0.640. The quantitative estimate of drug-likeness (QED) is 0.655. The molecule has 1 rings (SSSR count). The molecule has 1 heterocycles. The SMILES string of the molecule is N#CCS(=O)(=O)NCCC1CCCN1. The van der Waals surface area contributed by atoms with E-state index < -0.39 is 15.8 Å². The van der Waals surface area contributed by atoms with Crippen molar-refractivity contribution in [3.8, 4) is 6.07 Å². The maximum absolute atomic E-state index is 11.1. The molecule has 0 bridgehead atoms. The number of sulfonamides is 1. The van der Waals surface area contributed by atoms with Gasteiger partial charge >= 0.3 is 0 Å². The number of hydrogen-bond donors (Lipinski definition) is 2. The molecule has 1 fully saturated rings. The van der Waals surface area contributed by atoms with Gasteiger partial charge in [-0.3, -0.25) is 0 Å². The summed E-state index contributed by atoms with van der Waals surface area (Å²) in [6.45, 7) is 1.44. The van der Waals surface area contributed by atoms with Crippen molar-refractivity contribution in [1.29, 1.82) is 5.26 Å². The normalized spacial score (nSPS) is 22.1. The molecular weight excluding hydrogens is 202 g/mol. The van der Waals surface area contributed by atoms with Crippen LogP contribution in [0.4, 0.5) is 0 Å². The van der Waals surface area contributed by atoms with Gasteiger partial charge in [-0.15, -0.1) is 0 Å². The van der Waals surface area contributed by atoms with Crippen LogP contribution in [0, 0.1) is 11.3 Å². The number of nitrogens with one attached hydrogen (secondary N) is 2. The first-order valence-electron chi connectivity index (χ1n) is 4.72. The van der Waals surface area contributed by atoms with Crippen LogP contribution >= 0.6 is 0 Å². The van der Waals surface area contributed by atoms with Crippen molar-refractivity contribution in [1.82, 2.24) is 10.0 Å². The fraction of sp³-hybridized carbons (Fsp3) is 0.875. The number of nitriles is 1. The molecular formula is C8H15N3O2S. The zero-order valence-electron chi connectivity index (χ0n) is 7.99. The van der Waals surface area contributed by atoms with Crippen molar-refractivity contribution in [2.75, 3.05) is 18.8 Å². The van der Waals surface area contributed by atoms with E-state index in [4.69, 9.17) is 5.26 Å². The highest BCUT2D eigenvalue weighted by molar-refractivity contribution is 7.89. The predicted octanol–water partition coefficient (Wildman–Crippen LogP) is -0.429. The average Bonchev–Trinajstić information content (AvgIpc) is 2.56. The summed E-state index contributed by atoms with van der Waals surface area (Å²) in [5, 5.41) is 11.5. The first-order chi connectivity index (χ1) is 6.64. The Kier molecular flexibility index (Phi) is 4.32. The summed E-state index contributed by atoms with van der Waals surface area (Å²) in [5.41, 5.74) is 0. The molecule has 0 aromatic heterocycles. The topological polar surface area (TPSA) is 82.0 Å². The van der Waals surface area contributed by atoms with E-state index in [0.717, 1.165) is 25.8 Å². The van der Waals surface area contributed by atoms with Gasteiger partial charge in [-0.2, -0.15) is 5.26 Å². The number of rotatable bonds is 5. The van der Waals surface area contributed by atoms with Gasteiger partial charge in [-0.1, -0.05) is 0 Å². The third-order valence-electron chi connectivity index (χ3n) is 2.23. The zero-order chi connectivity index (χ0) is 10.4. The fourth-order valence-electron chi connectivity index (χ4n) is 1.53. The zero-order valence-corrected chi connectivity index (χ0v) is 8.81. The predicted molar refractivity (Wildman–Crippen MR) is 53.0 cm³/mol. The lowest BCUT2D eigenvalue weighted by Crippen LogP contribution is -2.31. The van der Waals surface area contributed by atoms with Crippen LogP contribution in [0.3, 0.4) is 0 Å². The van der Waals surface area contributed by atoms with Gasteiger partial charge in [0.2, 0.25) is 10.0 Å². The summed E-state index contributed by atoms with van der Waals surface area (Å²) in [5.74, 6) is -0.453. The molecule has 1 aliphatic heterocycles. The van der Waals surface area contributed by atoms with Crippen molar-refractivity contribution in [2.24, 2.45) is 0 Å². The van der Waals surface area contributed by atoms with Crippen molar-refractivity contribution < 1.29 is 8.42 Å². The molecule has 80 valence electrons. The van der Waals surface area contributed by atoms with Crippen molar-refractivity contribution in [2.45, 2.75) is 25.3 Å². The third-order valence-corrected chi connectivity index (χ3v) is 3.38. The van der Waals surface area contributed by atoms with Gasteiger partial charge in [-0.25, -0.2) is 13.1 Å². The molecule has 6 heteroatoms. The van der Waals surface area contributed by atoms with Gasteiger partial charge in [0.1, 0.15) is 0 Å². The molecule has 0 saturated carbocycles. The van der Waals surface area contributed by atoms with Gasteiger partial charge < -0.3 is 5.32 Å². The minimum atomic E-state index is -3.36. The van der Waals surface area contributed by atoms with E-state index in [-0.39, 0.29) is 0 Å². The Balaban J connectivity index is 2.17. The minimum absolute atomic E-state index is 0.418. The molecule has 1 atom stereocenters. The van der Waals surface area contributed by atoms with Gasteiger partial charge in [0, 0.05) is 12.6 Å². The van der Waals surface area contributed by atoms with E-state index in [9.17, 15) is 8.42 Å². The summed E-state index contributed by atoms with van der Waals surface area (Å²) in [6.07, 6.45) is 3.07. The van der Waals surface area contributed by atoms with Gasteiger partial charge in [0.15, 0.2) is 5.75 Å².